The fraction of sp³-hybridized carbons (Fsp3) is 0.231. The van der Waals surface area contributed by atoms with Crippen LogP contribution in [0, 0.1) is 11.8 Å². The summed E-state index contributed by atoms with van der Waals surface area (Å²) in [6.45, 7) is 2.21. The zero-order chi connectivity index (χ0) is 24.3. The molecule has 0 aromatic heterocycles. The highest BCUT2D eigenvalue weighted by atomic mass is 16.5. The molecule has 2 aliphatic rings. The average Bonchev–Trinajstić information content (AvgIpc) is 3.31. The van der Waals surface area contributed by atoms with Crippen LogP contribution in [-0.4, -0.2) is 49.2 Å². The minimum Gasteiger partial charge on any atom is -0.497 e. The molecule has 2 aliphatic heterocycles. The van der Waals surface area contributed by atoms with E-state index in [1.165, 1.54) is 7.11 Å². The predicted molar refractivity (Wildman–Crippen MR) is 128 cm³/mol. The highest BCUT2D eigenvalue weighted by molar-refractivity contribution is 6.09. The van der Waals surface area contributed by atoms with Crippen molar-refractivity contribution >= 4 is 23.6 Å². The first-order chi connectivity index (χ1) is 16.4. The maximum absolute atomic E-state index is 13.1. The van der Waals surface area contributed by atoms with E-state index in [2.05, 4.69) is 27.5 Å². The lowest BCUT2D eigenvalue weighted by Crippen LogP contribution is -2.52. The van der Waals surface area contributed by atoms with E-state index in [1.54, 1.807) is 48.3 Å². The van der Waals surface area contributed by atoms with Crippen molar-refractivity contribution in [2.24, 2.45) is 4.99 Å². The molecule has 4 rings (SSSR count). The van der Waals surface area contributed by atoms with Gasteiger partial charge in [-0.2, -0.15) is 0 Å². The number of carbonyl (C=O) groups excluding carboxylic acids is 3. The van der Waals surface area contributed by atoms with Gasteiger partial charge in [-0.15, -0.1) is 0 Å². The second-order valence-electron chi connectivity index (χ2n) is 7.93. The van der Waals surface area contributed by atoms with Crippen LogP contribution in [0.5, 0.6) is 5.75 Å². The van der Waals surface area contributed by atoms with Gasteiger partial charge in [-0.05, 0) is 54.3 Å². The maximum atomic E-state index is 13.1. The molecule has 8 nitrogen and oxygen atoms in total. The fourth-order valence-electron chi connectivity index (χ4n) is 4.08. The zero-order valence-corrected chi connectivity index (χ0v) is 19.1. The Bertz CT molecular complexity index is 1280. The van der Waals surface area contributed by atoms with Crippen molar-refractivity contribution in [3.8, 4) is 17.6 Å². The SMILES string of the molecule is C/C=C\C(C#Cc1ccc([C@]2(CN3Cc4ccc(OC)cc4C3=O)NC(=O)NC2=O)cc1)=N/C. The van der Waals surface area contributed by atoms with Crippen LogP contribution < -0.4 is 15.4 Å². The molecule has 0 unspecified atom stereocenters. The molecule has 1 saturated heterocycles. The topological polar surface area (TPSA) is 100 Å². The number of amides is 4. The highest BCUT2D eigenvalue weighted by Crippen LogP contribution is 2.32. The first kappa shape index (κ1) is 22.8. The number of nitrogens with one attached hydrogen (secondary N) is 2. The van der Waals surface area contributed by atoms with Gasteiger partial charge in [0.2, 0.25) is 0 Å². The number of aliphatic imine (C=N–C) groups is 1. The zero-order valence-electron chi connectivity index (χ0n) is 19.1. The molecular formula is C26H24N4O4. The van der Waals surface area contributed by atoms with Gasteiger partial charge in [0.15, 0.2) is 5.54 Å². The summed E-state index contributed by atoms with van der Waals surface area (Å²) >= 11 is 0. The van der Waals surface area contributed by atoms with Crippen molar-refractivity contribution in [2.75, 3.05) is 20.7 Å². The van der Waals surface area contributed by atoms with Crippen molar-refractivity contribution < 1.29 is 19.1 Å². The monoisotopic (exact) mass is 456 g/mol. The average molecular weight is 457 g/mol. The smallest absolute Gasteiger partial charge is 0.322 e. The van der Waals surface area contributed by atoms with E-state index < -0.39 is 17.5 Å². The molecule has 2 aromatic rings. The number of ether oxygens (including phenoxy) is 1. The number of rotatable bonds is 5. The molecule has 0 bridgehead atoms. The highest BCUT2D eigenvalue weighted by Gasteiger charge is 2.50. The number of fused-ring (bicyclic) bond motifs is 1. The summed E-state index contributed by atoms with van der Waals surface area (Å²) < 4.78 is 5.23. The van der Waals surface area contributed by atoms with E-state index in [0.29, 0.717) is 29.1 Å². The second-order valence-corrected chi connectivity index (χ2v) is 7.93. The van der Waals surface area contributed by atoms with Gasteiger partial charge >= 0.3 is 6.03 Å². The van der Waals surface area contributed by atoms with E-state index in [9.17, 15) is 14.4 Å². The second kappa shape index (κ2) is 9.24. The summed E-state index contributed by atoms with van der Waals surface area (Å²) in [4.78, 5) is 43.9. The molecule has 0 radical (unpaired) electrons. The van der Waals surface area contributed by atoms with E-state index >= 15 is 0 Å². The molecule has 2 heterocycles. The molecular weight excluding hydrogens is 432 g/mol. The van der Waals surface area contributed by atoms with E-state index in [4.69, 9.17) is 4.74 Å². The lowest BCUT2D eigenvalue weighted by Gasteiger charge is -2.31. The number of benzene rings is 2. The van der Waals surface area contributed by atoms with Crippen molar-refractivity contribution in [3.05, 3.63) is 76.9 Å². The van der Waals surface area contributed by atoms with Crippen molar-refractivity contribution in [1.82, 2.24) is 15.5 Å². The Morgan fingerprint density at radius 2 is 1.97 bits per heavy atom. The standard InChI is InChI=1S/C26H24N4O4/c1-4-5-20(27-2)12-8-17-6-10-19(11-7-17)26(24(32)28-25(33)29-26)16-30-15-18-9-13-21(34-3)14-22(18)23(30)31/h4-7,9-11,13-14H,15-16H2,1-3H3,(H2,28,29,32,33)/b5-4-,27-20+/t26-/m0/s1. The molecule has 172 valence electrons. The molecule has 0 saturated carbocycles. The molecule has 2 N–H and O–H groups in total. The molecule has 34 heavy (non-hydrogen) atoms. The van der Waals surface area contributed by atoms with Crippen LogP contribution in [0.4, 0.5) is 4.79 Å². The summed E-state index contributed by atoms with van der Waals surface area (Å²) in [6, 6.07) is 11.7. The molecule has 0 aliphatic carbocycles. The molecule has 0 spiro atoms. The number of hydrogen-bond acceptors (Lipinski definition) is 5. The summed E-state index contributed by atoms with van der Waals surface area (Å²) in [7, 11) is 3.21. The van der Waals surface area contributed by atoms with Gasteiger partial charge in [-0.25, -0.2) is 4.79 Å². The summed E-state index contributed by atoms with van der Waals surface area (Å²) in [6.07, 6.45) is 3.68. The third-order valence-electron chi connectivity index (χ3n) is 5.84. The van der Waals surface area contributed by atoms with Crippen LogP contribution in [-0.2, 0) is 16.9 Å². The van der Waals surface area contributed by atoms with E-state index in [-0.39, 0.29) is 12.5 Å². The fourth-order valence-corrected chi connectivity index (χ4v) is 4.08. The summed E-state index contributed by atoms with van der Waals surface area (Å²) in [5.41, 5.74) is 1.89. The van der Waals surface area contributed by atoms with Gasteiger partial charge in [0.25, 0.3) is 11.8 Å². The first-order valence-electron chi connectivity index (χ1n) is 10.7. The lowest BCUT2D eigenvalue weighted by molar-refractivity contribution is -0.124. The Balaban J connectivity index is 1.63. The Morgan fingerprint density at radius 3 is 2.59 bits per heavy atom. The number of hydrogen-bond donors (Lipinski definition) is 2. The number of carbonyl (C=O) groups is 3. The first-order valence-corrected chi connectivity index (χ1v) is 10.7. The predicted octanol–water partition coefficient (Wildman–Crippen LogP) is 2.38. The van der Waals surface area contributed by atoms with E-state index in [1.807, 2.05) is 25.1 Å². The Kier molecular flexibility index (Phi) is 6.19. The minimum atomic E-state index is -1.41. The van der Waals surface area contributed by atoms with Gasteiger partial charge in [-0.3, -0.25) is 19.9 Å². The normalized spacial score (nSPS) is 19.6. The number of allylic oxidation sites excluding steroid dienone is 2. The van der Waals surface area contributed by atoms with Gasteiger partial charge in [0.1, 0.15) is 11.5 Å². The summed E-state index contributed by atoms with van der Waals surface area (Å²) in [5, 5.41) is 5.06. The summed E-state index contributed by atoms with van der Waals surface area (Å²) in [5.74, 6) is 5.87. The molecule has 4 amide bonds. The van der Waals surface area contributed by atoms with Crippen LogP contribution in [0.25, 0.3) is 0 Å². The number of methoxy groups -OCH3 is 1. The van der Waals surface area contributed by atoms with Gasteiger partial charge in [0.05, 0.1) is 13.7 Å². The number of urea groups is 1. The van der Waals surface area contributed by atoms with Crippen LogP contribution in [0.2, 0.25) is 0 Å². The van der Waals surface area contributed by atoms with E-state index in [0.717, 1.165) is 11.1 Å². The largest absolute Gasteiger partial charge is 0.497 e. The minimum absolute atomic E-state index is 0.0145. The van der Waals surface area contributed by atoms with Crippen molar-refractivity contribution in [2.45, 2.75) is 19.0 Å². The van der Waals surface area contributed by atoms with Crippen molar-refractivity contribution in [3.63, 3.8) is 0 Å². The van der Waals surface area contributed by atoms with Crippen LogP contribution in [0.3, 0.4) is 0 Å². The third kappa shape index (κ3) is 4.16. The molecule has 1 atom stereocenters. The van der Waals surface area contributed by atoms with Crippen molar-refractivity contribution in [1.29, 1.82) is 0 Å². The lowest BCUT2D eigenvalue weighted by atomic mass is 9.88. The van der Waals surface area contributed by atoms with Gasteiger partial charge in [0, 0.05) is 24.7 Å². The van der Waals surface area contributed by atoms with Crippen LogP contribution in [0.15, 0.2) is 59.6 Å². The maximum Gasteiger partial charge on any atom is 0.322 e. The molecule has 1 fully saturated rings. The quantitative estimate of drug-likeness (QED) is 0.410. The Labute approximate surface area is 197 Å². The molecule has 2 aromatic carbocycles. The Morgan fingerprint density at radius 1 is 1.21 bits per heavy atom. The van der Waals surface area contributed by atoms with Crippen LogP contribution >= 0.6 is 0 Å². The molecule has 8 heteroatoms. The van der Waals surface area contributed by atoms with Gasteiger partial charge in [-0.1, -0.05) is 30.2 Å². The van der Waals surface area contributed by atoms with Crippen LogP contribution in [0.1, 0.15) is 34.0 Å². The third-order valence-corrected chi connectivity index (χ3v) is 5.84. The van der Waals surface area contributed by atoms with Gasteiger partial charge < -0.3 is 15.0 Å². The number of nitrogens with zero attached hydrogens (tertiary/aromatic N) is 2. The number of imide groups is 1. The Hall–Kier alpha value is -4.38.